The Morgan fingerprint density at radius 2 is 2.36 bits per heavy atom. The van der Waals surface area contributed by atoms with Gasteiger partial charge in [-0.2, -0.15) is 0 Å². The minimum Gasteiger partial charge on any atom is -0.377 e. The van der Waals surface area contributed by atoms with E-state index in [0.29, 0.717) is 18.2 Å². The molecule has 0 bridgehead atoms. The Hall–Kier alpha value is 0.0700. The van der Waals surface area contributed by atoms with Gasteiger partial charge in [-0.3, -0.25) is 4.21 Å². The van der Waals surface area contributed by atoms with Gasteiger partial charge in [-0.15, -0.1) is 0 Å². The molecule has 1 rings (SSSR count). The Morgan fingerprint density at radius 1 is 1.64 bits per heavy atom. The molecule has 0 spiro atoms. The summed E-state index contributed by atoms with van der Waals surface area (Å²) in [6.07, 6.45) is 4.16. The molecule has 0 amide bonds. The molecule has 1 saturated heterocycles. The van der Waals surface area contributed by atoms with E-state index in [-0.39, 0.29) is 0 Å². The van der Waals surface area contributed by atoms with Gasteiger partial charge in [0.15, 0.2) is 0 Å². The van der Waals surface area contributed by atoms with Crippen molar-refractivity contribution in [2.24, 2.45) is 0 Å². The van der Waals surface area contributed by atoms with E-state index in [0.717, 1.165) is 25.2 Å². The normalized spacial score (nSPS) is 31.6. The van der Waals surface area contributed by atoms with Crippen LogP contribution in [0.5, 0.6) is 0 Å². The smallest absolute Gasteiger partial charge is 0.0700 e. The van der Waals surface area contributed by atoms with E-state index in [1.54, 1.807) is 6.26 Å². The molecule has 84 valence electrons. The molecule has 4 unspecified atom stereocenters. The van der Waals surface area contributed by atoms with E-state index in [1.165, 1.54) is 0 Å². The monoisotopic (exact) mass is 219 g/mol. The highest BCUT2D eigenvalue weighted by Gasteiger charge is 2.24. The second-order valence-electron chi connectivity index (χ2n) is 4.10. The lowest BCUT2D eigenvalue weighted by molar-refractivity contribution is 0.111. The molecule has 0 radical (unpaired) electrons. The zero-order valence-corrected chi connectivity index (χ0v) is 10.1. The van der Waals surface area contributed by atoms with Crippen LogP contribution in [0.3, 0.4) is 0 Å². The fraction of sp³-hybridized carbons (Fsp3) is 1.00. The van der Waals surface area contributed by atoms with Crippen molar-refractivity contribution in [1.82, 2.24) is 5.32 Å². The topological polar surface area (TPSA) is 38.3 Å². The summed E-state index contributed by atoms with van der Waals surface area (Å²) in [5, 5.41) is 3.52. The van der Waals surface area contributed by atoms with Gasteiger partial charge in [-0.05, 0) is 26.7 Å². The van der Waals surface area contributed by atoms with E-state index >= 15 is 0 Å². The van der Waals surface area contributed by atoms with Crippen LogP contribution in [0.15, 0.2) is 0 Å². The lowest BCUT2D eigenvalue weighted by atomic mass is 10.1. The summed E-state index contributed by atoms with van der Waals surface area (Å²) in [5.74, 6) is 0.788. The number of hydrogen-bond donors (Lipinski definition) is 1. The molecular weight excluding hydrogens is 198 g/mol. The number of ether oxygens (including phenoxy) is 1. The summed E-state index contributed by atoms with van der Waals surface area (Å²) in [4.78, 5) is 0. The predicted molar refractivity (Wildman–Crippen MR) is 60.0 cm³/mol. The first-order chi connectivity index (χ1) is 6.59. The van der Waals surface area contributed by atoms with Gasteiger partial charge in [0.05, 0.1) is 6.10 Å². The van der Waals surface area contributed by atoms with Crippen LogP contribution in [0, 0.1) is 0 Å². The molecule has 4 atom stereocenters. The Bertz CT molecular complexity index is 199. The molecule has 1 N–H and O–H groups in total. The van der Waals surface area contributed by atoms with Gasteiger partial charge in [0.1, 0.15) is 0 Å². The molecule has 0 aromatic carbocycles. The number of rotatable bonds is 5. The minimum atomic E-state index is -0.669. The Balaban J connectivity index is 2.19. The Labute approximate surface area is 89.1 Å². The second kappa shape index (κ2) is 5.83. The van der Waals surface area contributed by atoms with Gasteiger partial charge in [0.25, 0.3) is 0 Å². The maximum atomic E-state index is 10.9. The van der Waals surface area contributed by atoms with E-state index in [4.69, 9.17) is 4.74 Å². The van der Waals surface area contributed by atoms with Crippen molar-refractivity contribution in [2.75, 3.05) is 18.6 Å². The summed E-state index contributed by atoms with van der Waals surface area (Å²) in [6, 6.07) is 0.920. The zero-order chi connectivity index (χ0) is 10.6. The van der Waals surface area contributed by atoms with E-state index in [1.807, 2.05) is 0 Å². The Kier molecular flexibility index (Phi) is 5.06. The molecule has 1 fully saturated rings. The van der Waals surface area contributed by atoms with Crippen LogP contribution < -0.4 is 5.32 Å². The maximum absolute atomic E-state index is 10.9. The van der Waals surface area contributed by atoms with Crippen molar-refractivity contribution in [3.63, 3.8) is 0 Å². The van der Waals surface area contributed by atoms with Gasteiger partial charge in [-0.1, -0.05) is 0 Å². The second-order valence-corrected chi connectivity index (χ2v) is 5.66. The third kappa shape index (κ3) is 4.07. The third-order valence-corrected chi connectivity index (χ3v) is 3.52. The van der Waals surface area contributed by atoms with Crippen molar-refractivity contribution >= 4 is 10.8 Å². The van der Waals surface area contributed by atoms with E-state index in [2.05, 4.69) is 19.2 Å². The molecule has 3 nitrogen and oxygen atoms in total. The molecule has 14 heavy (non-hydrogen) atoms. The average molecular weight is 219 g/mol. The minimum absolute atomic E-state index is 0.324. The summed E-state index contributed by atoms with van der Waals surface area (Å²) < 4.78 is 16.4. The van der Waals surface area contributed by atoms with Crippen molar-refractivity contribution in [2.45, 2.75) is 44.9 Å². The summed E-state index contributed by atoms with van der Waals surface area (Å²) in [5.41, 5.74) is 0. The zero-order valence-electron chi connectivity index (χ0n) is 9.29. The van der Waals surface area contributed by atoms with Gasteiger partial charge in [0, 0.05) is 41.5 Å². The van der Waals surface area contributed by atoms with Gasteiger partial charge in [0.2, 0.25) is 0 Å². The molecule has 4 heteroatoms. The van der Waals surface area contributed by atoms with Crippen molar-refractivity contribution < 1.29 is 8.95 Å². The van der Waals surface area contributed by atoms with Crippen LogP contribution in [-0.2, 0) is 15.5 Å². The van der Waals surface area contributed by atoms with Crippen LogP contribution in [0.25, 0.3) is 0 Å². The first-order valence-electron chi connectivity index (χ1n) is 5.27. The molecule has 0 aliphatic carbocycles. The highest BCUT2D eigenvalue weighted by atomic mass is 32.2. The van der Waals surface area contributed by atoms with Crippen molar-refractivity contribution in [3.8, 4) is 0 Å². The highest BCUT2D eigenvalue weighted by molar-refractivity contribution is 7.84. The van der Waals surface area contributed by atoms with Crippen LogP contribution in [0.2, 0.25) is 0 Å². The van der Waals surface area contributed by atoms with Crippen LogP contribution in [-0.4, -0.2) is 41.0 Å². The van der Waals surface area contributed by atoms with Gasteiger partial charge >= 0.3 is 0 Å². The summed E-state index contributed by atoms with van der Waals surface area (Å²) in [7, 11) is -0.669. The maximum Gasteiger partial charge on any atom is 0.0700 e. The fourth-order valence-electron chi connectivity index (χ4n) is 1.74. The molecule has 0 aromatic rings. The molecule has 0 aromatic heterocycles. The summed E-state index contributed by atoms with van der Waals surface area (Å²) in [6.45, 7) is 5.12. The van der Waals surface area contributed by atoms with Crippen molar-refractivity contribution in [1.29, 1.82) is 0 Å². The van der Waals surface area contributed by atoms with Gasteiger partial charge in [-0.25, -0.2) is 0 Å². The predicted octanol–water partition coefficient (Wildman–Crippen LogP) is 0.910. The summed E-state index contributed by atoms with van der Waals surface area (Å²) >= 11 is 0. The first-order valence-corrected chi connectivity index (χ1v) is 7.00. The van der Waals surface area contributed by atoms with Crippen LogP contribution in [0.1, 0.15) is 26.7 Å². The number of nitrogens with one attached hydrogen (secondary N) is 1. The van der Waals surface area contributed by atoms with Crippen LogP contribution >= 0.6 is 0 Å². The average Bonchev–Trinajstić information content (AvgIpc) is 2.49. The SMILES string of the molecule is CC(CCS(C)=O)NC1CCOC1C. The van der Waals surface area contributed by atoms with E-state index < -0.39 is 10.8 Å². The fourth-order valence-corrected chi connectivity index (χ4v) is 2.43. The number of hydrogen-bond acceptors (Lipinski definition) is 3. The van der Waals surface area contributed by atoms with Crippen molar-refractivity contribution in [3.05, 3.63) is 0 Å². The van der Waals surface area contributed by atoms with Gasteiger partial charge < -0.3 is 10.1 Å². The lowest BCUT2D eigenvalue weighted by Gasteiger charge is -2.21. The standard InChI is InChI=1S/C10H21NO2S/c1-8(5-7-14(3)12)11-10-4-6-13-9(10)2/h8-11H,4-7H2,1-3H3. The van der Waals surface area contributed by atoms with E-state index in [9.17, 15) is 4.21 Å². The first kappa shape index (κ1) is 12.1. The van der Waals surface area contributed by atoms with Crippen LogP contribution in [0.4, 0.5) is 0 Å². The largest absolute Gasteiger partial charge is 0.377 e. The lowest BCUT2D eigenvalue weighted by Crippen LogP contribution is -2.41. The molecule has 1 aliphatic rings. The molecular formula is C10H21NO2S. The third-order valence-electron chi connectivity index (χ3n) is 2.71. The molecule has 1 aliphatic heterocycles. The highest BCUT2D eigenvalue weighted by Crippen LogP contribution is 2.13. The molecule has 1 heterocycles. The quantitative estimate of drug-likeness (QED) is 0.747. The molecule has 0 saturated carbocycles. The Morgan fingerprint density at radius 3 is 2.86 bits per heavy atom.